The second kappa shape index (κ2) is 8.61. The Labute approximate surface area is 170 Å². The fourth-order valence-corrected chi connectivity index (χ4v) is 3.64. The number of amides is 1. The molecule has 1 aromatic carbocycles. The lowest BCUT2D eigenvalue weighted by atomic mass is 10.1. The van der Waals surface area contributed by atoms with Crippen LogP contribution in [0.1, 0.15) is 42.7 Å². The molecule has 1 amide bonds. The number of fused-ring (bicyclic) bond motifs is 1. The molecule has 0 N–H and O–H groups in total. The molecule has 0 aliphatic carbocycles. The first-order chi connectivity index (χ1) is 13.5. The standard InChI is InChI=1S/C21H25ClN4O2/c1-5-11-25(12-6-2)21(27)17-13-23-20-18(19(17)22)14(3)24-26(20)15-7-9-16(28-4)10-8-15/h7-10,13H,5-6,11-12H2,1-4H3. The van der Waals surface area contributed by atoms with Gasteiger partial charge in [-0.2, -0.15) is 5.10 Å². The third-order valence-electron chi connectivity index (χ3n) is 4.63. The van der Waals surface area contributed by atoms with Crippen LogP contribution in [0.3, 0.4) is 0 Å². The average molecular weight is 401 g/mol. The van der Waals surface area contributed by atoms with E-state index in [4.69, 9.17) is 16.3 Å². The Hall–Kier alpha value is -2.60. The maximum absolute atomic E-state index is 13.0. The number of hydrogen-bond donors (Lipinski definition) is 0. The van der Waals surface area contributed by atoms with E-state index in [0.29, 0.717) is 34.7 Å². The summed E-state index contributed by atoms with van der Waals surface area (Å²) >= 11 is 6.67. The number of pyridine rings is 1. The summed E-state index contributed by atoms with van der Waals surface area (Å²) < 4.78 is 6.95. The van der Waals surface area contributed by atoms with Crippen LogP contribution < -0.4 is 4.74 Å². The lowest BCUT2D eigenvalue weighted by Crippen LogP contribution is -2.32. The van der Waals surface area contributed by atoms with E-state index < -0.39 is 0 Å². The topological polar surface area (TPSA) is 60.2 Å². The summed E-state index contributed by atoms with van der Waals surface area (Å²) in [6.45, 7) is 7.39. The minimum Gasteiger partial charge on any atom is -0.497 e. The van der Waals surface area contributed by atoms with E-state index in [0.717, 1.165) is 30.0 Å². The molecule has 3 aromatic rings. The summed E-state index contributed by atoms with van der Waals surface area (Å²) in [7, 11) is 1.63. The third-order valence-corrected chi connectivity index (χ3v) is 5.02. The highest BCUT2D eigenvalue weighted by Crippen LogP contribution is 2.31. The molecule has 0 saturated carbocycles. The fraction of sp³-hybridized carbons (Fsp3) is 0.381. The van der Waals surface area contributed by atoms with E-state index in [2.05, 4.69) is 23.9 Å². The summed E-state index contributed by atoms with van der Waals surface area (Å²) in [6.07, 6.45) is 3.35. The Morgan fingerprint density at radius 3 is 2.39 bits per heavy atom. The van der Waals surface area contributed by atoms with Gasteiger partial charge in [-0.3, -0.25) is 4.79 Å². The van der Waals surface area contributed by atoms with E-state index in [1.807, 2.05) is 36.1 Å². The molecule has 148 valence electrons. The molecule has 7 heteroatoms. The van der Waals surface area contributed by atoms with Gasteiger partial charge in [-0.15, -0.1) is 0 Å². The minimum atomic E-state index is -0.0836. The van der Waals surface area contributed by atoms with Crippen molar-refractivity contribution in [3.8, 4) is 11.4 Å². The largest absolute Gasteiger partial charge is 0.497 e. The number of aryl methyl sites for hydroxylation is 1. The summed E-state index contributed by atoms with van der Waals surface area (Å²) in [6, 6.07) is 7.54. The first-order valence-electron chi connectivity index (χ1n) is 9.49. The second-order valence-electron chi connectivity index (χ2n) is 6.67. The second-order valence-corrected chi connectivity index (χ2v) is 7.05. The molecular formula is C21H25ClN4O2. The third kappa shape index (κ3) is 3.69. The highest BCUT2D eigenvalue weighted by atomic mass is 35.5. The van der Waals surface area contributed by atoms with Crippen molar-refractivity contribution in [2.24, 2.45) is 0 Å². The van der Waals surface area contributed by atoms with E-state index >= 15 is 0 Å². The monoisotopic (exact) mass is 400 g/mol. The molecule has 0 radical (unpaired) electrons. The van der Waals surface area contributed by atoms with Crippen molar-refractivity contribution in [2.45, 2.75) is 33.6 Å². The Morgan fingerprint density at radius 2 is 1.82 bits per heavy atom. The van der Waals surface area contributed by atoms with Gasteiger partial charge in [0.05, 0.1) is 34.5 Å². The van der Waals surface area contributed by atoms with Crippen molar-refractivity contribution in [1.82, 2.24) is 19.7 Å². The molecule has 0 saturated heterocycles. The molecule has 0 fully saturated rings. The molecule has 0 bridgehead atoms. The molecular weight excluding hydrogens is 376 g/mol. The molecule has 0 aliphatic rings. The normalized spacial score (nSPS) is 11.0. The number of nitrogens with zero attached hydrogens (tertiary/aromatic N) is 4. The number of rotatable bonds is 7. The number of hydrogen-bond acceptors (Lipinski definition) is 4. The van der Waals surface area contributed by atoms with E-state index in [9.17, 15) is 4.79 Å². The summed E-state index contributed by atoms with van der Waals surface area (Å²) in [5, 5.41) is 5.71. The summed E-state index contributed by atoms with van der Waals surface area (Å²) in [4.78, 5) is 19.4. The number of carbonyl (C=O) groups excluding carboxylic acids is 1. The van der Waals surface area contributed by atoms with Gasteiger partial charge in [0, 0.05) is 19.3 Å². The van der Waals surface area contributed by atoms with Gasteiger partial charge < -0.3 is 9.64 Å². The van der Waals surface area contributed by atoms with Gasteiger partial charge in [0.1, 0.15) is 5.75 Å². The summed E-state index contributed by atoms with van der Waals surface area (Å²) in [5.41, 5.74) is 2.63. The van der Waals surface area contributed by atoms with Crippen LogP contribution in [0.4, 0.5) is 0 Å². The zero-order valence-corrected chi connectivity index (χ0v) is 17.5. The number of ether oxygens (including phenoxy) is 1. The van der Waals surface area contributed by atoms with Gasteiger partial charge in [0.2, 0.25) is 0 Å². The molecule has 0 aliphatic heterocycles. The zero-order valence-electron chi connectivity index (χ0n) is 16.7. The van der Waals surface area contributed by atoms with Crippen molar-refractivity contribution < 1.29 is 9.53 Å². The van der Waals surface area contributed by atoms with Crippen molar-refractivity contribution in [3.63, 3.8) is 0 Å². The molecule has 3 rings (SSSR count). The van der Waals surface area contributed by atoms with E-state index in [1.54, 1.807) is 18.0 Å². The molecule has 28 heavy (non-hydrogen) atoms. The van der Waals surface area contributed by atoms with Crippen LogP contribution in [0, 0.1) is 6.92 Å². The highest BCUT2D eigenvalue weighted by molar-refractivity contribution is 6.38. The predicted molar refractivity (Wildman–Crippen MR) is 112 cm³/mol. The van der Waals surface area contributed by atoms with Gasteiger partial charge in [0.25, 0.3) is 5.91 Å². The van der Waals surface area contributed by atoms with Gasteiger partial charge in [-0.25, -0.2) is 9.67 Å². The maximum atomic E-state index is 13.0. The number of methoxy groups -OCH3 is 1. The number of halogens is 1. The van der Waals surface area contributed by atoms with Crippen LogP contribution in [0.5, 0.6) is 5.75 Å². The summed E-state index contributed by atoms with van der Waals surface area (Å²) in [5.74, 6) is 0.683. The van der Waals surface area contributed by atoms with Gasteiger partial charge in [0.15, 0.2) is 5.65 Å². The Morgan fingerprint density at radius 1 is 1.18 bits per heavy atom. The van der Waals surface area contributed by atoms with Gasteiger partial charge in [-0.1, -0.05) is 25.4 Å². The molecule has 6 nitrogen and oxygen atoms in total. The quantitative estimate of drug-likeness (QED) is 0.579. The lowest BCUT2D eigenvalue weighted by molar-refractivity contribution is 0.0755. The van der Waals surface area contributed by atoms with Gasteiger partial charge in [-0.05, 0) is 44.0 Å². The SMILES string of the molecule is CCCN(CCC)C(=O)c1cnc2c(c(C)nn2-c2ccc(OC)cc2)c1Cl. The van der Waals surface area contributed by atoms with Crippen LogP contribution in [0.25, 0.3) is 16.7 Å². The first kappa shape index (κ1) is 20.1. The fourth-order valence-electron chi connectivity index (χ4n) is 3.29. The van der Waals surface area contributed by atoms with Crippen LogP contribution in [-0.2, 0) is 0 Å². The first-order valence-corrected chi connectivity index (χ1v) is 9.87. The van der Waals surface area contributed by atoms with Crippen molar-refractivity contribution >= 4 is 28.5 Å². The van der Waals surface area contributed by atoms with E-state index in [1.165, 1.54) is 0 Å². The molecule has 0 spiro atoms. The predicted octanol–water partition coefficient (Wildman–Crippen LogP) is 4.65. The number of benzene rings is 1. The molecule has 2 aromatic heterocycles. The Balaban J connectivity index is 2.07. The Kier molecular flexibility index (Phi) is 6.19. The highest BCUT2D eigenvalue weighted by Gasteiger charge is 2.23. The lowest BCUT2D eigenvalue weighted by Gasteiger charge is -2.22. The smallest absolute Gasteiger partial charge is 0.256 e. The molecule has 0 unspecified atom stereocenters. The molecule has 2 heterocycles. The average Bonchev–Trinajstić information content (AvgIpc) is 3.05. The minimum absolute atomic E-state index is 0.0836. The van der Waals surface area contributed by atoms with Crippen LogP contribution >= 0.6 is 11.6 Å². The van der Waals surface area contributed by atoms with Crippen molar-refractivity contribution in [2.75, 3.05) is 20.2 Å². The Bertz CT molecular complexity index is 976. The van der Waals surface area contributed by atoms with Gasteiger partial charge >= 0.3 is 0 Å². The van der Waals surface area contributed by atoms with Crippen LogP contribution in [0.15, 0.2) is 30.5 Å². The van der Waals surface area contributed by atoms with Crippen molar-refractivity contribution in [1.29, 1.82) is 0 Å². The number of aromatic nitrogens is 3. The van der Waals surface area contributed by atoms with Crippen LogP contribution in [-0.4, -0.2) is 45.8 Å². The zero-order chi connectivity index (χ0) is 20.3. The van der Waals surface area contributed by atoms with Crippen LogP contribution in [0.2, 0.25) is 5.02 Å². The number of carbonyl (C=O) groups is 1. The van der Waals surface area contributed by atoms with E-state index in [-0.39, 0.29) is 5.91 Å². The molecule has 0 atom stereocenters. The van der Waals surface area contributed by atoms with Crippen molar-refractivity contribution in [3.05, 3.63) is 46.7 Å². The maximum Gasteiger partial charge on any atom is 0.256 e.